The molecule has 11 heteroatoms. The first-order chi connectivity index (χ1) is 16.5. The summed E-state index contributed by atoms with van der Waals surface area (Å²) in [4.78, 5) is 27.5. The van der Waals surface area contributed by atoms with Gasteiger partial charge >= 0.3 is 24.0 Å². The van der Waals surface area contributed by atoms with Gasteiger partial charge in [0.15, 0.2) is 0 Å². The summed E-state index contributed by atoms with van der Waals surface area (Å²) in [6.45, 7) is 1.94. The third-order valence-electron chi connectivity index (χ3n) is 5.13. The number of halogens is 5. The van der Waals surface area contributed by atoms with Gasteiger partial charge < -0.3 is 15.4 Å². The van der Waals surface area contributed by atoms with E-state index < -0.39 is 24.0 Å². The van der Waals surface area contributed by atoms with E-state index in [4.69, 9.17) is 4.74 Å². The van der Waals surface area contributed by atoms with Gasteiger partial charge in [-0.15, -0.1) is 0 Å². The van der Waals surface area contributed by atoms with E-state index in [1.807, 2.05) is 13.0 Å². The van der Waals surface area contributed by atoms with Crippen molar-refractivity contribution in [1.82, 2.24) is 4.98 Å². The zero-order chi connectivity index (χ0) is 25.8. The first kappa shape index (κ1) is 25.6. The maximum absolute atomic E-state index is 13.3. The fraction of sp³-hybridized carbons (Fsp3) is 0.208. The van der Waals surface area contributed by atoms with Crippen LogP contribution in [0.3, 0.4) is 0 Å². The first-order valence-electron chi connectivity index (χ1n) is 10.2. The zero-order valence-corrected chi connectivity index (χ0v) is 18.5. The lowest BCUT2D eigenvalue weighted by Crippen LogP contribution is -2.47. The summed E-state index contributed by atoms with van der Waals surface area (Å²) < 4.78 is 68.9. The van der Waals surface area contributed by atoms with Crippen molar-refractivity contribution in [1.29, 1.82) is 0 Å². The van der Waals surface area contributed by atoms with Gasteiger partial charge in [0.05, 0.1) is 18.4 Å². The molecule has 35 heavy (non-hydrogen) atoms. The van der Waals surface area contributed by atoms with Gasteiger partial charge in [0.25, 0.3) is 0 Å². The third kappa shape index (κ3) is 5.56. The van der Waals surface area contributed by atoms with Gasteiger partial charge in [0.2, 0.25) is 0 Å². The maximum atomic E-state index is 13.3. The number of hydrogen-bond donors (Lipinski definition) is 2. The summed E-state index contributed by atoms with van der Waals surface area (Å²) in [5, 5.41) is 4.42. The van der Waals surface area contributed by atoms with E-state index in [1.165, 1.54) is 19.4 Å². The molecule has 0 saturated carbocycles. The van der Waals surface area contributed by atoms with E-state index in [0.29, 0.717) is 11.1 Å². The lowest BCUT2D eigenvalue weighted by molar-refractivity contribution is -0.267. The molecule has 0 saturated heterocycles. The number of anilines is 2. The summed E-state index contributed by atoms with van der Waals surface area (Å²) in [7, 11) is 1.29. The zero-order valence-electron chi connectivity index (χ0n) is 18.5. The van der Waals surface area contributed by atoms with Crippen LogP contribution in [-0.2, 0) is 16.1 Å². The Bertz CT molecular complexity index is 1250. The van der Waals surface area contributed by atoms with E-state index in [1.54, 1.807) is 41.7 Å². The molecule has 0 radical (unpaired) electrons. The van der Waals surface area contributed by atoms with Crippen LogP contribution in [-0.4, -0.2) is 36.1 Å². The number of rotatable bonds is 7. The Kier molecular flexibility index (Phi) is 7.37. The second kappa shape index (κ2) is 10.1. The Morgan fingerprint density at radius 2 is 1.71 bits per heavy atom. The van der Waals surface area contributed by atoms with Crippen LogP contribution in [0, 0.1) is 6.92 Å². The van der Waals surface area contributed by atoms with Crippen molar-refractivity contribution in [3.8, 4) is 11.1 Å². The monoisotopic (exact) mass is 493 g/mol. The summed E-state index contributed by atoms with van der Waals surface area (Å²) in [5.74, 6) is -8.64. The van der Waals surface area contributed by atoms with Crippen molar-refractivity contribution in [2.75, 3.05) is 17.7 Å². The summed E-state index contributed by atoms with van der Waals surface area (Å²) in [5.41, 5.74) is 3.05. The Hall–Kier alpha value is -4.02. The molecular weight excluding hydrogens is 473 g/mol. The minimum absolute atomic E-state index is 0.0849. The Morgan fingerprint density at radius 1 is 1.00 bits per heavy atom. The average molecular weight is 493 g/mol. The number of carbonyl (C=O) groups is 2. The number of amides is 1. The molecule has 1 aromatic heterocycles. The molecule has 0 aliphatic carbocycles. The molecule has 1 heterocycles. The van der Waals surface area contributed by atoms with Crippen molar-refractivity contribution in [2.24, 2.45) is 0 Å². The maximum Gasteiger partial charge on any atom is 0.463 e. The molecule has 0 bridgehead atoms. The molecule has 3 rings (SSSR count). The number of carbonyl (C=O) groups excluding carboxylic acids is 2. The number of methoxy groups -OCH3 is 1. The summed E-state index contributed by atoms with van der Waals surface area (Å²) in [6.07, 6.45) is -4.74. The highest BCUT2D eigenvalue weighted by Crippen LogP contribution is 2.37. The van der Waals surface area contributed by atoms with Gasteiger partial charge in [0, 0.05) is 12.7 Å². The van der Waals surface area contributed by atoms with Crippen LogP contribution in [0.25, 0.3) is 11.1 Å². The fourth-order valence-corrected chi connectivity index (χ4v) is 3.24. The molecule has 0 atom stereocenters. The molecule has 0 aliphatic rings. The third-order valence-corrected chi connectivity index (χ3v) is 5.13. The summed E-state index contributed by atoms with van der Waals surface area (Å²) in [6, 6.07) is 14.7. The number of ether oxygens (including phenoxy) is 1. The van der Waals surface area contributed by atoms with Gasteiger partial charge in [-0.3, -0.25) is 4.79 Å². The van der Waals surface area contributed by atoms with Crippen LogP contribution in [0.1, 0.15) is 21.5 Å². The Balaban J connectivity index is 1.79. The van der Waals surface area contributed by atoms with Crippen LogP contribution >= 0.6 is 0 Å². The Labute approximate surface area is 197 Å². The molecule has 184 valence electrons. The van der Waals surface area contributed by atoms with Crippen molar-refractivity contribution in [2.45, 2.75) is 25.6 Å². The number of nitrogens with one attached hydrogen (secondary N) is 2. The predicted octanol–water partition coefficient (Wildman–Crippen LogP) is 5.59. The minimum atomic E-state index is -6.03. The van der Waals surface area contributed by atoms with Crippen LogP contribution < -0.4 is 10.6 Å². The largest absolute Gasteiger partial charge is 0.465 e. The number of esters is 1. The predicted molar refractivity (Wildman–Crippen MR) is 119 cm³/mol. The molecular formula is C24H20F5N3O3. The van der Waals surface area contributed by atoms with Crippen molar-refractivity contribution < 1.29 is 36.3 Å². The van der Waals surface area contributed by atoms with Gasteiger partial charge in [-0.25, -0.2) is 9.78 Å². The van der Waals surface area contributed by atoms with Gasteiger partial charge in [0.1, 0.15) is 5.82 Å². The number of nitrogens with zero attached hydrogens (tertiary/aromatic N) is 1. The van der Waals surface area contributed by atoms with Crippen LogP contribution in [0.2, 0.25) is 0 Å². The van der Waals surface area contributed by atoms with Gasteiger partial charge in [-0.2, -0.15) is 22.0 Å². The topological polar surface area (TPSA) is 80.3 Å². The molecule has 2 aromatic carbocycles. The van der Waals surface area contributed by atoms with E-state index in [2.05, 4.69) is 10.3 Å². The smallest absolute Gasteiger partial charge is 0.463 e. The molecule has 0 unspecified atom stereocenters. The SMILES string of the molecule is COC(=O)c1ccccc1-c1ccc(CNc2ncccc2NC(=O)C(F)(F)C(F)(F)F)c(C)c1. The first-order valence-corrected chi connectivity index (χ1v) is 10.2. The van der Waals surface area contributed by atoms with Crippen molar-refractivity contribution in [3.05, 3.63) is 77.5 Å². The average Bonchev–Trinajstić information content (AvgIpc) is 2.82. The van der Waals surface area contributed by atoms with Gasteiger partial charge in [-0.05, 0) is 47.4 Å². The molecule has 2 N–H and O–H groups in total. The lowest BCUT2D eigenvalue weighted by atomic mass is 9.96. The van der Waals surface area contributed by atoms with Crippen molar-refractivity contribution in [3.63, 3.8) is 0 Å². The normalized spacial score (nSPS) is 11.6. The van der Waals surface area contributed by atoms with E-state index in [9.17, 15) is 31.5 Å². The summed E-state index contributed by atoms with van der Waals surface area (Å²) >= 11 is 0. The molecule has 3 aromatic rings. The number of alkyl halides is 5. The van der Waals surface area contributed by atoms with E-state index in [0.717, 1.165) is 22.8 Å². The minimum Gasteiger partial charge on any atom is -0.465 e. The molecule has 1 amide bonds. The second-order valence-corrected chi connectivity index (χ2v) is 7.46. The van der Waals surface area contributed by atoms with E-state index >= 15 is 0 Å². The van der Waals surface area contributed by atoms with Crippen molar-refractivity contribution >= 4 is 23.4 Å². The quantitative estimate of drug-likeness (QED) is 0.331. The fourth-order valence-electron chi connectivity index (χ4n) is 3.24. The number of benzene rings is 2. The lowest BCUT2D eigenvalue weighted by Gasteiger charge is -2.20. The highest BCUT2D eigenvalue weighted by molar-refractivity contribution is 5.99. The molecule has 6 nitrogen and oxygen atoms in total. The number of aryl methyl sites for hydroxylation is 1. The highest BCUT2D eigenvalue weighted by atomic mass is 19.4. The molecule has 0 aliphatic heterocycles. The van der Waals surface area contributed by atoms with Crippen LogP contribution in [0.15, 0.2) is 60.8 Å². The standard InChI is InChI=1S/C24H20F5N3O3/c1-14-12-15(17-6-3-4-7-18(17)21(33)35-2)9-10-16(14)13-31-20-19(8-5-11-30-20)32-22(34)23(25,26)24(27,28)29/h3-12H,13H2,1-2H3,(H,30,31)(H,32,34). The van der Waals surface area contributed by atoms with E-state index in [-0.39, 0.29) is 18.1 Å². The molecule has 0 fully saturated rings. The van der Waals surface area contributed by atoms with Gasteiger partial charge in [-0.1, -0.05) is 36.4 Å². The Morgan fingerprint density at radius 3 is 2.37 bits per heavy atom. The highest BCUT2D eigenvalue weighted by Gasteiger charge is 2.63. The number of pyridine rings is 1. The van der Waals surface area contributed by atoms with Crippen LogP contribution in [0.4, 0.5) is 33.5 Å². The second-order valence-electron chi connectivity index (χ2n) is 7.46. The van der Waals surface area contributed by atoms with Crippen LogP contribution in [0.5, 0.6) is 0 Å². The molecule has 0 spiro atoms. The number of hydrogen-bond acceptors (Lipinski definition) is 5. The number of aromatic nitrogens is 1.